The maximum Gasteiger partial charge on any atom is -0.00164 e. The largest absolute Gasteiger partial charge is 0.330 e. The van der Waals surface area contributed by atoms with Gasteiger partial charge in [0.1, 0.15) is 0 Å². The molecule has 3 heteroatoms. The Hall–Kier alpha value is -0.570. The lowest BCUT2D eigenvalue weighted by Crippen LogP contribution is -2.43. The van der Waals surface area contributed by atoms with Gasteiger partial charge in [0.25, 0.3) is 0 Å². The highest BCUT2D eigenvalue weighted by Crippen LogP contribution is 2.31. The van der Waals surface area contributed by atoms with Crippen LogP contribution >= 0.6 is 12.4 Å². The maximum absolute atomic E-state index is 5.96. The molecule has 0 spiro atoms. The summed E-state index contributed by atoms with van der Waals surface area (Å²) in [5.41, 5.74) is 7.72. The molecule has 16 heavy (non-hydrogen) atoms. The Labute approximate surface area is 104 Å². The van der Waals surface area contributed by atoms with Crippen LogP contribution in [-0.4, -0.2) is 19.6 Å². The van der Waals surface area contributed by atoms with Crippen LogP contribution in [0.15, 0.2) is 30.3 Å². The maximum atomic E-state index is 5.96. The molecule has 2 rings (SSSR count). The average Bonchev–Trinajstić information content (AvgIpc) is 2.32. The second-order valence-corrected chi connectivity index (χ2v) is 4.62. The molecule has 0 bridgehead atoms. The Bertz CT molecular complexity index is 294. The molecule has 1 aliphatic heterocycles. The Morgan fingerprint density at radius 1 is 1.12 bits per heavy atom. The van der Waals surface area contributed by atoms with E-state index in [0.29, 0.717) is 5.41 Å². The third-order valence-electron chi connectivity index (χ3n) is 3.52. The van der Waals surface area contributed by atoms with Crippen LogP contribution in [0, 0.1) is 5.41 Å². The molecule has 2 nitrogen and oxygen atoms in total. The zero-order valence-electron chi connectivity index (χ0n) is 9.61. The van der Waals surface area contributed by atoms with Crippen molar-refractivity contribution in [2.75, 3.05) is 19.6 Å². The zero-order valence-corrected chi connectivity index (χ0v) is 10.4. The van der Waals surface area contributed by atoms with E-state index in [-0.39, 0.29) is 12.4 Å². The summed E-state index contributed by atoms with van der Waals surface area (Å²) in [5, 5.41) is 3.40. The normalized spacial score (nSPS) is 18.8. The fourth-order valence-electron chi connectivity index (χ4n) is 2.44. The lowest BCUT2D eigenvalue weighted by atomic mass is 9.74. The molecule has 1 fully saturated rings. The molecule has 1 aliphatic rings. The molecule has 0 aliphatic carbocycles. The number of nitrogens with two attached hydrogens (primary N) is 1. The molecule has 1 saturated heterocycles. The summed E-state index contributed by atoms with van der Waals surface area (Å²) < 4.78 is 0. The number of rotatable bonds is 3. The molecule has 1 aromatic carbocycles. The van der Waals surface area contributed by atoms with Gasteiger partial charge in [-0.05, 0) is 49.9 Å². The number of hydrogen-bond donors (Lipinski definition) is 2. The summed E-state index contributed by atoms with van der Waals surface area (Å²) in [6.45, 7) is 3.04. The van der Waals surface area contributed by atoms with Crippen LogP contribution in [0.3, 0.4) is 0 Å². The van der Waals surface area contributed by atoms with Gasteiger partial charge in [-0.1, -0.05) is 30.3 Å². The van der Waals surface area contributed by atoms with E-state index in [9.17, 15) is 0 Å². The Morgan fingerprint density at radius 3 is 2.31 bits per heavy atom. The predicted molar refractivity (Wildman–Crippen MR) is 71.0 cm³/mol. The van der Waals surface area contributed by atoms with Gasteiger partial charge in [0.2, 0.25) is 0 Å². The number of piperidine rings is 1. The smallest absolute Gasteiger partial charge is 0.00164 e. The topological polar surface area (TPSA) is 38.0 Å². The van der Waals surface area contributed by atoms with E-state index in [4.69, 9.17) is 5.73 Å². The van der Waals surface area contributed by atoms with Gasteiger partial charge in [-0.2, -0.15) is 0 Å². The highest BCUT2D eigenvalue weighted by Gasteiger charge is 2.30. The van der Waals surface area contributed by atoms with Crippen LogP contribution in [0.5, 0.6) is 0 Å². The number of nitrogens with one attached hydrogen (secondary N) is 1. The molecule has 3 N–H and O–H groups in total. The number of halogens is 1. The summed E-state index contributed by atoms with van der Waals surface area (Å²) in [5.74, 6) is 0. The lowest BCUT2D eigenvalue weighted by Gasteiger charge is -2.36. The Kier molecular flexibility index (Phi) is 5.26. The van der Waals surface area contributed by atoms with E-state index in [0.717, 1.165) is 26.1 Å². The highest BCUT2D eigenvalue weighted by atomic mass is 35.5. The van der Waals surface area contributed by atoms with Crippen molar-refractivity contribution in [2.45, 2.75) is 19.3 Å². The first-order valence-electron chi connectivity index (χ1n) is 5.79. The molecule has 1 aromatic rings. The molecule has 0 amide bonds. The second kappa shape index (κ2) is 6.24. The quantitative estimate of drug-likeness (QED) is 0.848. The average molecular weight is 241 g/mol. The minimum Gasteiger partial charge on any atom is -0.330 e. The Balaban J connectivity index is 0.00000128. The molecular weight excluding hydrogens is 220 g/mol. The fourth-order valence-corrected chi connectivity index (χ4v) is 2.44. The van der Waals surface area contributed by atoms with Crippen LogP contribution in [0.2, 0.25) is 0 Å². The molecular formula is C13H21ClN2. The van der Waals surface area contributed by atoms with E-state index in [1.807, 2.05) is 0 Å². The van der Waals surface area contributed by atoms with E-state index in [1.54, 1.807) is 0 Å². The van der Waals surface area contributed by atoms with Crippen LogP contribution in [0.25, 0.3) is 0 Å². The van der Waals surface area contributed by atoms with Crippen molar-refractivity contribution in [1.82, 2.24) is 5.32 Å². The number of benzene rings is 1. The minimum atomic E-state index is 0. The van der Waals surface area contributed by atoms with Crippen molar-refractivity contribution < 1.29 is 0 Å². The van der Waals surface area contributed by atoms with Gasteiger partial charge in [0.15, 0.2) is 0 Å². The highest BCUT2D eigenvalue weighted by molar-refractivity contribution is 5.85. The van der Waals surface area contributed by atoms with Crippen molar-refractivity contribution in [3.8, 4) is 0 Å². The summed E-state index contributed by atoms with van der Waals surface area (Å²) in [6, 6.07) is 10.7. The van der Waals surface area contributed by atoms with Gasteiger partial charge in [-0.25, -0.2) is 0 Å². The predicted octanol–water partition coefficient (Wildman–Crippen LogP) is 1.98. The zero-order chi connectivity index (χ0) is 10.6. The van der Waals surface area contributed by atoms with Crippen LogP contribution < -0.4 is 11.1 Å². The third-order valence-corrected chi connectivity index (χ3v) is 3.52. The molecule has 1 heterocycles. The van der Waals surface area contributed by atoms with Gasteiger partial charge in [-0.15, -0.1) is 12.4 Å². The molecule has 90 valence electrons. The van der Waals surface area contributed by atoms with Crippen molar-refractivity contribution in [2.24, 2.45) is 11.1 Å². The van der Waals surface area contributed by atoms with Crippen LogP contribution in [0.1, 0.15) is 18.4 Å². The van der Waals surface area contributed by atoms with E-state index >= 15 is 0 Å². The minimum absolute atomic E-state index is 0. The van der Waals surface area contributed by atoms with Gasteiger partial charge in [0, 0.05) is 0 Å². The summed E-state index contributed by atoms with van der Waals surface area (Å²) in [4.78, 5) is 0. The van der Waals surface area contributed by atoms with Crippen molar-refractivity contribution in [1.29, 1.82) is 0 Å². The van der Waals surface area contributed by atoms with E-state index < -0.39 is 0 Å². The molecule has 0 aromatic heterocycles. The van der Waals surface area contributed by atoms with Gasteiger partial charge >= 0.3 is 0 Å². The summed E-state index contributed by atoms with van der Waals surface area (Å²) in [7, 11) is 0. The SMILES string of the molecule is Cl.NCC1(Cc2ccccc2)CCNCC1. The molecule has 0 radical (unpaired) electrons. The fraction of sp³-hybridized carbons (Fsp3) is 0.538. The first-order valence-corrected chi connectivity index (χ1v) is 5.79. The van der Waals surface area contributed by atoms with Crippen molar-refractivity contribution >= 4 is 12.4 Å². The number of hydrogen-bond acceptors (Lipinski definition) is 2. The van der Waals surface area contributed by atoms with Crippen molar-refractivity contribution in [3.63, 3.8) is 0 Å². The summed E-state index contributed by atoms with van der Waals surface area (Å²) >= 11 is 0. The van der Waals surface area contributed by atoms with Gasteiger partial charge in [0.05, 0.1) is 0 Å². The lowest BCUT2D eigenvalue weighted by molar-refractivity contribution is 0.210. The van der Waals surface area contributed by atoms with E-state index in [1.165, 1.54) is 18.4 Å². The van der Waals surface area contributed by atoms with Crippen molar-refractivity contribution in [3.05, 3.63) is 35.9 Å². The van der Waals surface area contributed by atoms with E-state index in [2.05, 4.69) is 35.6 Å². The first-order chi connectivity index (χ1) is 7.35. The third kappa shape index (κ3) is 3.21. The monoisotopic (exact) mass is 240 g/mol. The second-order valence-electron chi connectivity index (χ2n) is 4.62. The van der Waals surface area contributed by atoms with Crippen LogP contribution in [0.4, 0.5) is 0 Å². The summed E-state index contributed by atoms with van der Waals surface area (Å²) in [6.07, 6.45) is 3.54. The Morgan fingerprint density at radius 2 is 1.75 bits per heavy atom. The molecule has 0 saturated carbocycles. The van der Waals surface area contributed by atoms with Gasteiger partial charge < -0.3 is 11.1 Å². The van der Waals surface area contributed by atoms with Crippen LogP contribution in [-0.2, 0) is 6.42 Å². The van der Waals surface area contributed by atoms with Gasteiger partial charge in [-0.3, -0.25) is 0 Å². The first kappa shape index (κ1) is 13.5. The molecule has 0 atom stereocenters. The standard InChI is InChI=1S/C13H20N2.ClH/c14-11-13(6-8-15-9-7-13)10-12-4-2-1-3-5-12;/h1-5,15H,6-11,14H2;1H. The molecule has 0 unspecified atom stereocenters.